The Morgan fingerprint density at radius 3 is 1.85 bits per heavy atom. The minimum absolute atomic E-state index is 0.276. The lowest BCUT2D eigenvalue weighted by atomic mass is 10.1. The van der Waals surface area contributed by atoms with Gasteiger partial charge in [-0.1, -0.05) is 65.5 Å². The first-order chi connectivity index (χ1) is 12.8. The Kier molecular flexibility index (Phi) is 10.8. The number of unbranched alkanes of at least 4 members (excludes halogenated alkanes) is 2. The lowest BCUT2D eigenvalue weighted by Gasteiger charge is -2.13. The van der Waals surface area contributed by atoms with Gasteiger partial charge in [-0.15, -0.1) is 0 Å². The second-order valence-corrected chi connectivity index (χ2v) is 8.13. The van der Waals surface area contributed by atoms with E-state index in [1.807, 2.05) is 13.0 Å². The molecule has 0 spiro atoms. The van der Waals surface area contributed by atoms with E-state index in [9.17, 15) is 9.59 Å². The van der Waals surface area contributed by atoms with Crippen LogP contribution in [0, 0.1) is 18.8 Å². The molecule has 0 bridgehead atoms. The number of hydrogen-bond acceptors (Lipinski definition) is 4. The van der Waals surface area contributed by atoms with Crippen molar-refractivity contribution in [3.63, 3.8) is 0 Å². The van der Waals surface area contributed by atoms with Crippen LogP contribution in [0.4, 0.5) is 0 Å². The van der Waals surface area contributed by atoms with Crippen LogP contribution in [0.5, 0.6) is 11.5 Å². The van der Waals surface area contributed by atoms with E-state index >= 15 is 0 Å². The third-order valence-electron chi connectivity index (χ3n) is 4.44. The predicted molar refractivity (Wildman–Crippen MR) is 109 cm³/mol. The fourth-order valence-electron chi connectivity index (χ4n) is 2.82. The third kappa shape index (κ3) is 10.2. The molecule has 27 heavy (non-hydrogen) atoms. The molecule has 4 heteroatoms. The Labute approximate surface area is 164 Å². The highest BCUT2D eigenvalue weighted by Crippen LogP contribution is 2.31. The molecule has 0 N–H and O–H groups in total. The van der Waals surface area contributed by atoms with E-state index in [2.05, 4.69) is 27.7 Å². The molecule has 152 valence electrons. The first-order valence-electron chi connectivity index (χ1n) is 10.3. The summed E-state index contributed by atoms with van der Waals surface area (Å²) in [4.78, 5) is 24.3. The van der Waals surface area contributed by atoms with Crippen molar-refractivity contribution in [3.05, 3.63) is 23.8 Å². The quantitative estimate of drug-likeness (QED) is 0.246. The molecule has 0 unspecified atom stereocenters. The van der Waals surface area contributed by atoms with Crippen LogP contribution < -0.4 is 9.47 Å². The minimum atomic E-state index is -0.279. The Hall–Kier alpha value is -1.84. The number of para-hydroxylation sites is 1. The summed E-state index contributed by atoms with van der Waals surface area (Å²) in [5.74, 6) is 1.43. The number of hydrogen-bond donors (Lipinski definition) is 0. The molecule has 0 aliphatic carbocycles. The molecule has 0 saturated carbocycles. The van der Waals surface area contributed by atoms with Crippen LogP contribution in [0.2, 0.25) is 0 Å². The summed E-state index contributed by atoms with van der Waals surface area (Å²) in [5.41, 5.74) is 0.788. The highest BCUT2D eigenvalue weighted by molar-refractivity contribution is 5.76. The maximum atomic E-state index is 12.2. The second kappa shape index (κ2) is 12.5. The van der Waals surface area contributed by atoms with Crippen LogP contribution in [-0.2, 0) is 9.59 Å². The van der Waals surface area contributed by atoms with Gasteiger partial charge in [-0.05, 0) is 43.2 Å². The van der Waals surface area contributed by atoms with Gasteiger partial charge in [-0.25, -0.2) is 0 Å². The Morgan fingerprint density at radius 2 is 1.33 bits per heavy atom. The first-order valence-corrected chi connectivity index (χ1v) is 10.3. The molecule has 0 aliphatic heterocycles. The molecular weight excluding hydrogens is 340 g/mol. The summed E-state index contributed by atoms with van der Waals surface area (Å²) in [5, 5.41) is 0. The number of aryl methyl sites for hydroxylation is 1. The van der Waals surface area contributed by atoms with Crippen LogP contribution in [0.15, 0.2) is 18.2 Å². The first kappa shape index (κ1) is 23.2. The standard InChI is InChI=1S/C23H36O4/c1-17(2)11-6-8-15-21(24)26-20-14-10-13-19(5)23(20)27-22(25)16-9-7-12-18(3)4/h10,13-14,17-18H,6-9,11-12,15-16H2,1-5H3. The van der Waals surface area contributed by atoms with E-state index < -0.39 is 0 Å². The van der Waals surface area contributed by atoms with Crippen LogP contribution >= 0.6 is 0 Å². The zero-order valence-corrected chi connectivity index (χ0v) is 17.7. The fourth-order valence-corrected chi connectivity index (χ4v) is 2.82. The summed E-state index contributed by atoms with van der Waals surface area (Å²) in [6.07, 6.45) is 6.63. The monoisotopic (exact) mass is 376 g/mol. The van der Waals surface area contributed by atoms with Gasteiger partial charge in [-0.3, -0.25) is 9.59 Å². The van der Waals surface area contributed by atoms with Crippen LogP contribution in [-0.4, -0.2) is 11.9 Å². The van der Waals surface area contributed by atoms with Gasteiger partial charge in [0.2, 0.25) is 0 Å². The lowest BCUT2D eigenvalue weighted by Crippen LogP contribution is -2.13. The topological polar surface area (TPSA) is 52.6 Å². The van der Waals surface area contributed by atoms with Crippen molar-refractivity contribution in [2.45, 2.75) is 86.0 Å². The van der Waals surface area contributed by atoms with Crippen molar-refractivity contribution >= 4 is 11.9 Å². The molecule has 1 rings (SSSR count). The molecule has 4 nitrogen and oxygen atoms in total. The number of rotatable bonds is 12. The molecule has 1 aromatic rings. The fraction of sp³-hybridized carbons (Fsp3) is 0.652. The Bertz CT molecular complexity index is 590. The lowest BCUT2D eigenvalue weighted by molar-refractivity contribution is -0.137. The highest BCUT2D eigenvalue weighted by atomic mass is 16.6. The van der Waals surface area contributed by atoms with Crippen molar-refractivity contribution < 1.29 is 19.1 Å². The highest BCUT2D eigenvalue weighted by Gasteiger charge is 2.16. The van der Waals surface area contributed by atoms with Gasteiger partial charge in [-0.2, -0.15) is 0 Å². The molecule has 0 aliphatic rings. The number of carbonyl (C=O) groups excluding carboxylic acids is 2. The molecule has 1 aromatic carbocycles. The minimum Gasteiger partial charge on any atom is -0.423 e. The number of benzene rings is 1. The second-order valence-electron chi connectivity index (χ2n) is 8.13. The van der Waals surface area contributed by atoms with Gasteiger partial charge < -0.3 is 9.47 Å². The van der Waals surface area contributed by atoms with Gasteiger partial charge in [0.25, 0.3) is 0 Å². The van der Waals surface area contributed by atoms with E-state index in [0.29, 0.717) is 36.2 Å². The summed E-state index contributed by atoms with van der Waals surface area (Å²) in [7, 11) is 0. The van der Waals surface area contributed by atoms with Crippen molar-refractivity contribution in [3.8, 4) is 11.5 Å². The average molecular weight is 377 g/mol. The predicted octanol–water partition coefficient (Wildman–Crippen LogP) is 6.24. The number of carbonyl (C=O) groups is 2. The van der Waals surface area contributed by atoms with Crippen LogP contribution in [0.25, 0.3) is 0 Å². The normalized spacial score (nSPS) is 11.1. The Morgan fingerprint density at radius 1 is 0.815 bits per heavy atom. The average Bonchev–Trinajstić information content (AvgIpc) is 2.58. The molecular formula is C23H36O4. The van der Waals surface area contributed by atoms with E-state index in [0.717, 1.165) is 44.1 Å². The third-order valence-corrected chi connectivity index (χ3v) is 4.44. The molecule has 0 saturated heterocycles. The number of esters is 2. The van der Waals surface area contributed by atoms with Crippen molar-refractivity contribution in [1.29, 1.82) is 0 Å². The molecule has 0 atom stereocenters. The van der Waals surface area contributed by atoms with E-state index in [1.54, 1.807) is 12.1 Å². The van der Waals surface area contributed by atoms with Crippen LogP contribution in [0.1, 0.15) is 84.6 Å². The molecule has 0 amide bonds. The molecule has 0 heterocycles. The van der Waals surface area contributed by atoms with Gasteiger partial charge in [0.05, 0.1) is 0 Å². The zero-order chi connectivity index (χ0) is 20.2. The van der Waals surface area contributed by atoms with E-state index in [1.165, 1.54) is 0 Å². The van der Waals surface area contributed by atoms with Crippen molar-refractivity contribution in [2.75, 3.05) is 0 Å². The molecule has 0 fully saturated rings. The number of ether oxygens (including phenoxy) is 2. The molecule has 0 radical (unpaired) electrons. The summed E-state index contributed by atoms with van der Waals surface area (Å²) in [6, 6.07) is 5.33. The van der Waals surface area contributed by atoms with Gasteiger partial charge in [0, 0.05) is 12.8 Å². The molecule has 0 aromatic heterocycles. The maximum absolute atomic E-state index is 12.2. The van der Waals surface area contributed by atoms with Gasteiger partial charge >= 0.3 is 11.9 Å². The maximum Gasteiger partial charge on any atom is 0.311 e. The summed E-state index contributed by atoms with van der Waals surface area (Å²) >= 11 is 0. The zero-order valence-electron chi connectivity index (χ0n) is 17.7. The largest absolute Gasteiger partial charge is 0.423 e. The smallest absolute Gasteiger partial charge is 0.311 e. The van der Waals surface area contributed by atoms with Gasteiger partial charge in [0.15, 0.2) is 11.5 Å². The van der Waals surface area contributed by atoms with Crippen molar-refractivity contribution in [2.24, 2.45) is 11.8 Å². The van der Waals surface area contributed by atoms with E-state index in [4.69, 9.17) is 9.47 Å². The Balaban J connectivity index is 2.55. The van der Waals surface area contributed by atoms with Crippen LogP contribution in [0.3, 0.4) is 0 Å². The summed E-state index contributed by atoms with van der Waals surface area (Å²) < 4.78 is 11.0. The summed E-state index contributed by atoms with van der Waals surface area (Å²) in [6.45, 7) is 10.6. The van der Waals surface area contributed by atoms with Gasteiger partial charge in [0.1, 0.15) is 0 Å². The van der Waals surface area contributed by atoms with Crippen molar-refractivity contribution in [1.82, 2.24) is 0 Å². The SMILES string of the molecule is Cc1cccc(OC(=O)CCCCC(C)C)c1OC(=O)CCCCC(C)C. The van der Waals surface area contributed by atoms with E-state index in [-0.39, 0.29) is 11.9 Å².